The molecule has 1 saturated carbocycles. The van der Waals surface area contributed by atoms with Crippen LogP contribution in [-0.2, 0) is 18.9 Å². The molecule has 3 fully saturated rings. The molecule has 4 unspecified atom stereocenters. The number of ether oxygens (including phenoxy) is 4. The van der Waals surface area contributed by atoms with Gasteiger partial charge in [-0.1, -0.05) is 13.8 Å². The molecule has 0 aromatic heterocycles. The van der Waals surface area contributed by atoms with Crippen molar-refractivity contribution in [3.05, 3.63) is 0 Å². The van der Waals surface area contributed by atoms with E-state index in [1.807, 2.05) is 0 Å². The Bertz CT molecular complexity index is 379. The quantitative estimate of drug-likeness (QED) is 0.707. The molecule has 6 atom stereocenters. The van der Waals surface area contributed by atoms with Crippen LogP contribution in [0.25, 0.3) is 0 Å². The molecule has 0 N–H and O–H groups in total. The van der Waals surface area contributed by atoms with Crippen LogP contribution in [0.3, 0.4) is 0 Å². The van der Waals surface area contributed by atoms with Crippen molar-refractivity contribution >= 4 is 0 Å². The maximum atomic E-state index is 6.18. The van der Waals surface area contributed by atoms with Crippen molar-refractivity contribution in [2.75, 3.05) is 20.8 Å². The molecule has 122 valence electrons. The van der Waals surface area contributed by atoms with E-state index in [0.29, 0.717) is 6.10 Å². The molecular formula is C17H30O4. The molecule has 0 bridgehead atoms. The second-order valence-electron chi connectivity index (χ2n) is 7.61. The molecule has 1 aliphatic carbocycles. The van der Waals surface area contributed by atoms with E-state index in [2.05, 4.69) is 20.8 Å². The topological polar surface area (TPSA) is 43.5 Å². The molecule has 3 rings (SSSR count). The van der Waals surface area contributed by atoms with Crippen LogP contribution in [0.2, 0.25) is 0 Å². The van der Waals surface area contributed by atoms with Crippen LogP contribution in [0.5, 0.6) is 0 Å². The minimum Gasteiger partial charge on any atom is -0.379 e. The summed E-state index contributed by atoms with van der Waals surface area (Å²) in [5.74, 6) is 1.01. The molecule has 1 spiro atoms. The van der Waals surface area contributed by atoms with Crippen molar-refractivity contribution in [3.8, 4) is 0 Å². The summed E-state index contributed by atoms with van der Waals surface area (Å²) in [5.41, 5.74) is -0.125. The fourth-order valence-electron chi connectivity index (χ4n) is 4.40. The molecule has 4 nitrogen and oxygen atoms in total. The third kappa shape index (κ3) is 2.65. The Labute approximate surface area is 128 Å². The number of hydrogen-bond acceptors (Lipinski definition) is 4. The van der Waals surface area contributed by atoms with Crippen LogP contribution in [-0.4, -0.2) is 50.3 Å². The molecule has 2 aliphatic heterocycles. The zero-order valence-corrected chi connectivity index (χ0v) is 14.1. The third-order valence-corrected chi connectivity index (χ3v) is 5.81. The summed E-state index contributed by atoms with van der Waals surface area (Å²) < 4.78 is 23.6. The second-order valence-corrected chi connectivity index (χ2v) is 7.61. The van der Waals surface area contributed by atoms with Gasteiger partial charge in [0.1, 0.15) is 5.60 Å². The number of epoxide rings is 2. The lowest BCUT2D eigenvalue weighted by Crippen LogP contribution is -2.55. The summed E-state index contributed by atoms with van der Waals surface area (Å²) >= 11 is 0. The minimum absolute atomic E-state index is 0.0168. The van der Waals surface area contributed by atoms with E-state index >= 15 is 0 Å². The molecule has 0 aromatic rings. The zero-order valence-electron chi connectivity index (χ0n) is 14.1. The van der Waals surface area contributed by atoms with Gasteiger partial charge in [0.2, 0.25) is 0 Å². The van der Waals surface area contributed by atoms with Gasteiger partial charge in [0.05, 0.1) is 36.4 Å². The van der Waals surface area contributed by atoms with Crippen molar-refractivity contribution in [2.45, 2.75) is 76.0 Å². The lowest BCUT2D eigenvalue weighted by atomic mass is 9.68. The number of rotatable bonds is 6. The Morgan fingerprint density at radius 3 is 2.48 bits per heavy atom. The number of methoxy groups -OCH3 is 2. The average molecular weight is 298 g/mol. The van der Waals surface area contributed by atoms with Gasteiger partial charge in [-0.15, -0.1) is 0 Å². The van der Waals surface area contributed by atoms with E-state index in [9.17, 15) is 0 Å². The molecular weight excluding hydrogens is 268 g/mol. The third-order valence-electron chi connectivity index (χ3n) is 5.81. The molecule has 4 heteroatoms. The van der Waals surface area contributed by atoms with Crippen LogP contribution in [0.1, 0.15) is 46.5 Å². The van der Waals surface area contributed by atoms with Crippen LogP contribution in [0.4, 0.5) is 0 Å². The van der Waals surface area contributed by atoms with E-state index < -0.39 is 0 Å². The smallest absolute Gasteiger partial charge is 0.100 e. The minimum atomic E-state index is -0.108. The standard InChI is InChI=1S/C17H30O4/c1-11(2)6-7-13-16(3,21-13)15-14(19-5)12(18-4)8-9-17(15)10-20-17/h11-15H,6-10H2,1-5H3/t12?,13-,14?,15?,16?,17+/m1/s1. The molecule has 3 aliphatic rings. The summed E-state index contributed by atoms with van der Waals surface area (Å²) in [6.07, 6.45) is 4.99. The van der Waals surface area contributed by atoms with E-state index in [0.717, 1.165) is 31.8 Å². The first-order valence-corrected chi connectivity index (χ1v) is 8.34. The van der Waals surface area contributed by atoms with Crippen molar-refractivity contribution in [1.82, 2.24) is 0 Å². The maximum absolute atomic E-state index is 6.18. The van der Waals surface area contributed by atoms with Gasteiger partial charge < -0.3 is 18.9 Å². The first-order chi connectivity index (χ1) is 9.97. The summed E-state index contributed by atoms with van der Waals surface area (Å²) in [6, 6.07) is 0. The first kappa shape index (κ1) is 15.7. The van der Waals surface area contributed by atoms with Crippen LogP contribution < -0.4 is 0 Å². The van der Waals surface area contributed by atoms with Crippen molar-refractivity contribution in [2.24, 2.45) is 11.8 Å². The van der Waals surface area contributed by atoms with E-state index in [1.54, 1.807) is 14.2 Å². The predicted octanol–water partition coefficient (Wildman–Crippen LogP) is 2.79. The highest BCUT2D eigenvalue weighted by atomic mass is 16.6. The molecule has 2 saturated heterocycles. The van der Waals surface area contributed by atoms with Crippen molar-refractivity contribution in [3.63, 3.8) is 0 Å². The normalized spacial score (nSPS) is 48.9. The summed E-state index contributed by atoms with van der Waals surface area (Å²) in [6.45, 7) is 7.63. The van der Waals surface area contributed by atoms with Gasteiger partial charge >= 0.3 is 0 Å². The summed E-state index contributed by atoms with van der Waals surface area (Å²) in [7, 11) is 3.58. The van der Waals surface area contributed by atoms with Gasteiger partial charge in [-0.2, -0.15) is 0 Å². The first-order valence-electron chi connectivity index (χ1n) is 8.34. The number of hydrogen-bond donors (Lipinski definition) is 0. The molecule has 0 aromatic carbocycles. The fourth-order valence-corrected chi connectivity index (χ4v) is 4.40. The highest BCUT2D eigenvalue weighted by Gasteiger charge is 2.71. The SMILES string of the molecule is COC1CC[C@]2(CO2)C(C2(C)O[C@@H]2CCC(C)C)C1OC. The largest absolute Gasteiger partial charge is 0.379 e. The summed E-state index contributed by atoms with van der Waals surface area (Å²) in [5, 5.41) is 0. The second kappa shape index (κ2) is 5.48. The van der Waals surface area contributed by atoms with Crippen molar-refractivity contribution < 1.29 is 18.9 Å². The lowest BCUT2D eigenvalue weighted by Gasteiger charge is -2.42. The average Bonchev–Trinajstić information content (AvgIpc) is 3.35. The monoisotopic (exact) mass is 298 g/mol. The fraction of sp³-hybridized carbons (Fsp3) is 1.00. The Morgan fingerprint density at radius 2 is 1.95 bits per heavy atom. The van der Waals surface area contributed by atoms with Crippen LogP contribution >= 0.6 is 0 Å². The van der Waals surface area contributed by atoms with Gasteiger partial charge in [-0.25, -0.2) is 0 Å². The van der Waals surface area contributed by atoms with Gasteiger partial charge in [-0.3, -0.25) is 0 Å². The van der Waals surface area contributed by atoms with E-state index in [-0.39, 0.29) is 29.3 Å². The molecule has 0 amide bonds. The molecule has 2 heterocycles. The van der Waals surface area contributed by atoms with E-state index in [4.69, 9.17) is 18.9 Å². The van der Waals surface area contributed by atoms with E-state index in [1.165, 1.54) is 6.42 Å². The van der Waals surface area contributed by atoms with Crippen molar-refractivity contribution in [1.29, 1.82) is 0 Å². The Balaban J connectivity index is 1.74. The van der Waals surface area contributed by atoms with Gasteiger partial charge in [0, 0.05) is 14.2 Å². The zero-order chi connectivity index (χ0) is 15.3. The van der Waals surface area contributed by atoms with Gasteiger partial charge in [0.15, 0.2) is 0 Å². The van der Waals surface area contributed by atoms with Gasteiger partial charge in [0.25, 0.3) is 0 Å². The Morgan fingerprint density at radius 1 is 1.24 bits per heavy atom. The molecule has 21 heavy (non-hydrogen) atoms. The Kier molecular flexibility index (Phi) is 4.11. The predicted molar refractivity (Wildman–Crippen MR) is 80.4 cm³/mol. The Hall–Kier alpha value is -0.160. The van der Waals surface area contributed by atoms with Gasteiger partial charge in [-0.05, 0) is 38.5 Å². The highest BCUT2D eigenvalue weighted by molar-refractivity contribution is 5.19. The highest BCUT2D eigenvalue weighted by Crippen LogP contribution is 2.59. The van der Waals surface area contributed by atoms with Crippen LogP contribution in [0, 0.1) is 11.8 Å². The lowest BCUT2D eigenvalue weighted by molar-refractivity contribution is -0.128. The molecule has 0 radical (unpaired) electrons. The van der Waals surface area contributed by atoms with Crippen LogP contribution in [0.15, 0.2) is 0 Å². The maximum Gasteiger partial charge on any atom is 0.100 e. The summed E-state index contributed by atoms with van der Waals surface area (Å²) in [4.78, 5) is 0.